The fourth-order valence-corrected chi connectivity index (χ4v) is 2.79. The van der Waals surface area contributed by atoms with E-state index in [1.54, 1.807) is 24.3 Å². The SMILES string of the molecule is Cc1ccc(-c2nnc(CCC(=O)Nc3ccccc3C(=O)NCCC(N)=O)o2)cc1. The topological polar surface area (TPSA) is 140 Å². The molecule has 9 heteroatoms. The maximum atomic E-state index is 12.4. The summed E-state index contributed by atoms with van der Waals surface area (Å²) in [4.78, 5) is 35.5. The third kappa shape index (κ3) is 6.23. The van der Waals surface area contributed by atoms with Gasteiger partial charge in [0.1, 0.15) is 0 Å². The first-order valence-corrected chi connectivity index (χ1v) is 9.77. The molecule has 0 unspecified atom stereocenters. The number of amides is 3. The highest BCUT2D eigenvalue weighted by Crippen LogP contribution is 2.19. The number of carbonyl (C=O) groups is 3. The number of rotatable bonds is 9. The third-order valence-corrected chi connectivity index (χ3v) is 4.43. The molecular weight excluding hydrogens is 398 g/mol. The lowest BCUT2D eigenvalue weighted by Gasteiger charge is -2.11. The van der Waals surface area contributed by atoms with Crippen molar-refractivity contribution in [1.82, 2.24) is 15.5 Å². The number of hydrogen-bond donors (Lipinski definition) is 3. The molecule has 2 aromatic carbocycles. The van der Waals surface area contributed by atoms with E-state index in [2.05, 4.69) is 20.8 Å². The van der Waals surface area contributed by atoms with Gasteiger partial charge < -0.3 is 20.8 Å². The molecule has 1 heterocycles. The van der Waals surface area contributed by atoms with Gasteiger partial charge >= 0.3 is 0 Å². The van der Waals surface area contributed by atoms with E-state index in [-0.39, 0.29) is 31.7 Å². The highest BCUT2D eigenvalue weighted by Gasteiger charge is 2.15. The molecule has 31 heavy (non-hydrogen) atoms. The first kappa shape index (κ1) is 21.7. The minimum absolute atomic E-state index is 0.0367. The summed E-state index contributed by atoms with van der Waals surface area (Å²) in [7, 11) is 0. The fraction of sp³-hybridized carbons (Fsp3) is 0.227. The average molecular weight is 421 g/mol. The van der Waals surface area contributed by atoms with Gasteiger partial charge in [0, 0.05) is 31.4 Å². The number of hydrogen-bond acceptors (Lipinski definition) is 6. The van der Waals surface area contributed by atoms with Crippen LogP contribution in [0.25, 0.3) is 11.5 Å². The van der Waals surface area contributed by atoms with Crippen LogP contribution in [0, 0.1) is 6.92 Å². The number of aryl methyl sites for hydroxylation is 2. The summed E-state index contributed by atoms with van der Waals surface area (Å²) in [6.45, 7) is 2.11. The zero-order valence-corrected chi connectivity index (χ0v) is 17.1. The Hall–Kier alpha value is -4.01. The molecule has 0 aliphatic carbocycles. The zero-order valence-electron chi connectivity index (χ0n) is 17.1. The molecule has 1 aromatic heterocycles. The maximum Gasteiger partial charge on any atom is 0.253 e. The van der Waals surface area contributed by atoms with Crippen LogP contribution in [0.3, 0.4) is 0 Å². The van der Waals surface area contributed by atoms with Gasteiger partial charge in [-0.3, -0.25) is 14.4 Å². The fourth-order valence-electron chi connectivity index (χ4n) is 2.79. The molecule has 3 rings (SSSR count). The Balaban J connectivity index is 1.56. The quantitative estimate of drug-likeness (QED) is 0.484. The van der Waals surface area contributed by atoms with Gasteiger partial charge in [-0.1, -0.05) is 29.8 Å². The number of primary amides is 1. The Morgan fingerprint density at radius 2 is 1.74 bits per heavy atom. The van der Waals surface area contributed by atoms with Crippen molar-refractivity contribution >= 4 is 23.4 Å². The van der Waals surface area contributed by atoms with E-state index in [1.807, 2.05) is 31.2 Å². The molecule has 0 bridgehead atoms. The normalized spacial score (nSPS) is 10.5. The number of nitrogens with zero attached hydrogens (tertiary/aromatic N) is 2. The van der Waals surface area contributed by atoms with Crippen molar-refractivity contribution in [2.24, 2.45) is 5.73 Å². The molecule has 3 aromatic rings. The predicted octanol–water partition coefficient (Wildman–Crippen LogP) is 2.22. The van der Waals surface area contributed by atoms with Crippen LogP contribution in [0.1, 0.15) is 34.7 Å². The van der Waals surface area contributed by atoms with Gasteiger partial charge in [0.05, 0.1) is 11.3 Å². The molecule has 0 aliphatic rings. The molecule has 160 valence electrons. The van der Waals surface area contributed by atoms with Crippen LogP contribution in [-0.2, 0) is 16.0 Å². The standard InChI is InChI=1S/C22H23N5O4/c1-14-6-8-15(9-7-14)22-27-26-20(31-22)11-10-19(29)25-17-5-3-2-4-16(17)21(30)24-13-12-18(23)28/h2-9H,10-13H2,1H3,(H2,23,28)(H,24,30)(H,25,29). The van der Waals surface area contributed by atoms with Gasteiger partial charge in [-0.2, -0.15) is 0 Å². The smallest absolute Gasteiger partial charge is 0.253 e. The molecule has 0 fully saturated rings. The number of para-hydroxylation sites is 1. The maximum absolute atomic E-state index is 12.4. The summed E-state index contributed by atoms with van der Waals surface area (Å²) >= 11 is 0. The van der Waals surface area contributed by atoms with Crippen molar-refractivity contribution < 1.29 is 18.8 Å². The Labute approximate surface area is 179 Å². The van der Waals surface area contributed by atoms with Crippen LogP contribution in [0.4, 0.5) is 5.69 Å². The molecule has 0 spiro atoms. The van der Waals surface area contributed by atoms with Crippen LogP contribution in [0.5, 0.6) is 0 Å². The van der Waals surface area contributed by atoms with E-state index < -0.39 is 11.8 Å². The van der Waals surface area contributed by atoms with Crippen LogP contribution in [0.15, 0.2) is 52.9 Å². The second kappa shape index (κ2) is 10.1. The second-order valence-electron chi connectivity index (χ2n) is 6.93. The van der Waals surface area contributed by atoms with E-state index >= 15 is 0 Å². The number of aromatic nitrogens is 2. The lowest BCUT2D eigenvalue weighted by molar-refractivity contribution is -0.118. The van der Waals surface area contributed by atoms with Gasteiger partial charge in [0.2, 0.25) is 23.6 Å². The van der Waals surface area contributed by atoms with Gasteiger partial charge in [-0.15, -0.1) is 10.2 Å². The summed E-state index contributed by atoms with van der Waals surface area (Å²) in [6, 6.07) is 14.3. The monoisotopic (exact) mass is 421 g/mol. The van der Waals surface area contributed by atoms with Crippen LogP contribution >= 0.6 is 0 Å². The summed E-state index contributed by atoms with van der Waals surface area (Å²) in [5, 5.41) is 13.3. The number of nitrogens with one attached hydrogen (secondary N) is 2. The Bertz CT molecular complexity index is 1080. The van der Waals surface area contributed by atoms with E-state index in [1.165, 1.54) is 0 Å². The van der Waals surface area contributed by atoms with Gasteiger partial charge in [0.25, 0.3) is 5.91 Å². The summed E-state index contributed by atoms with van der Waals surface area (Å²) in [6.07, 6.45) is 0.403. The summed E-state index contributed by atoms with van der Waals surface area (Å²) < 4.78 is 5.63. The highest BCUT2D eigenvalue weighted by molar-refractivity contribution is 6.03. The van der Waals surface area contributed by atoms with E-state index in [0.29, 0.717) is 23.0 Å². The van der Waals surface area contributed by atoms with Crippen molar-refractivity contribution in [2.45, 2.75) is 26.2 Å². The molecule has 0 atom stereocenters. The second-order valence-corrected chi connectivity index (χ2v) is 6.93. The van der Waals surface area contributed by atoms with Gasteiger partial charge in [-0.05, 0) is 31.2 Å². The molecule has 3 amide bonds. The minimum atomic E-state index is -0.506. The third-order valence-electron chi connectivity index (χ3n) is 4.43. The average Bonchev–Trinajstić information content (AvgIpc) is 3.22. The predicted molar refractivity (Wildman–Crippen MR) is 114 cm³/mol. The largest absolute Gasteiger partial charge is 0.421 e. The first-order valence-electron chi connectivity index (χ1n) is 9.77. The van der Waals surface area contributed by atoms with Crippen molar-refractivity contribution in [2.75, 3.05) is 11.9 Å². The minimum Gasteiger partial charge on any atom is -0.421 e. The van der Waals surface area contributed by atoms with E-state index in [0.717, 1.165) is 11.1 Å². The van der Waals surface area contributed by atoms with E-state index in [9.17, 15) is 14.4 Å². The highest BCUT2D eigenvalue weighted by atomic mass is 16.4. The zero-order chi connectivity index (χ0) is 22.2. The molecule has 4 N–H and O–H groups in total. The summed E-state index contributed by atoms with van der Waals surface area (Å²) in [5.41, 5.74) is 7.67. The van der Waals surface area contributed by atoms with Gasteiger partial charge in [0.15, 0.2) is 0 Å². The summed E-state index contributed by atoms with van der Waals surface area (Å²) in [5.74, 6) is -0.464. The molecule has 9 nitrogen and oxygen atoms in total. The van der Waals surface area contributed by atoms with Crippen LogP contribution in [-0.4, -0.2) is 34.5 Å². The first-order chi connectivity index (χ1) is 14.9. The van der Waals surface area contributed by atoms with Gasteiger partial charge in [-0.25, -0.2) is 0 Å². The van der Waals surface area contributed by atoms with Crippen molar-refractivity contribution in [3.8, 4) is 11.5 Å². The molecule has 0 saturated heterocycles. The number of carbonyl (C=O) groups excluding carboxylic acids is 3. The van der Waals surface area contributed by atoms with Crippen LogP contribution < -0.4 is 16.4 Å². The van der Waals surface area contributed by atoms with Crippen molar-refractivity contribution in [3.63, 3.8) is 0 Å². The number of benzene rings is 2. The number of nitrogens with two attached hydrogens (primary N) is 1. The van der Waals surface area contributed by atoms with Crippen LogP contribution in [0.2, 0.25) is 0 Å². The lowest BCUT2D eigenvalue weighted by atomic mass is 10.1. The van der Waals surface area contributed by atoms with Crippen molar-refractivity contribution in [3.05, 3.63) is 65.5 Å². The molecule has 0 aliphatic heterocycles. The molecule has 0 radical (unpaired) electrons. The van der Waals surface area contributed by atoms with E-state index in [4.69, 9.17) is 10.2 Å². The Morgan fingerprint density at radius 1 is 1.00 bits per heavy atom. The van der Waals surface area contributed by atoms with Crippen molar-refractivity contribution in [1.29, 1.82) is 0 Å². The molecular formula is C22H23N5O4. The Kier molecular flexibility index (Phi) is 7.10. The molecule has 0 saturated carbocycles. The number of anilines is 1. The Morgan fingerprint density at radius 3 is 2.48 bits per heavy atom. The lowest BCUT2D eigenvalue weighted by Crippen LogP contribution is -2.28.